The summed E-state index contributed by atoms with van der Waals surface area (Å²) in [4.78, 5) is 12.3. The number of H-pyrrole nitrogens is 1. The highest BCUT2D eigenvalue weighted by Gasteiger charge is 2.12. The molecular formula is C17H13ClFN3O. The van der Waals surface area contributed by atoms with E-state index in [9.17, 15) is 9.18 Å². The van der Waals surface area contributed by atoms with Gasteiger partial charge in [-0.2, -0.15) is 5.10 Å². The number of benzene rings is 2. The van der Waals surface area contributed by atoms with E-state index in [-0.39, 0.29) is 11.7 Å². The third kappa shape index (κ3) is 3.40. The van der Waals surface area contributed by atoms with Gasteiger partial charge in [-0.15, -0.1) is 0 Å². The number of carbonyl (C=O) groups excluding carboxylic acids is 1. The molecule has 0 radical (unpaired) electrons. The Morgan fingerprint density at radius 3 is 2.61 bits per heavy atom. The number of aromatic nitrogens is 2. The molecule has 0 saturated carbocycles. The molecule has 3 rings (SSSR count). The molecule has 6 heteroatoms. The van der Waals surface area contributed by atoms with Crippen molar-refractivity contribution < 1.29 is 9.18 Å². The van der Waals surface area contributed by atoms with Gasteiger partial charge in [-0.1, -0.05) is 11.6 Å². The van der Waals surface area contributed by atoms with Gasteiger partial charge in [0.05, 0.1) is 5.69 Å². The lowest BCUT2D eigenvalue weighted by atomic mass is 10.1. The molecule has 0 saturated heterocycles. The van der Waals surface area contributed by atoms with Gasteiger partial charge in [0.2, 0.25) is 0 Å². The van der Waals surface area contributed by atoms with Crippen LogP contribution in [0.2, 0.25) is 5.02 Å². The molecule has 0 unspecified atom stereocenters. The molecule has 0 aliphatic rings. The van der Waals surface area contributed by atoms with E-state index in [4.69, 9.17) is 11.6 Å². The van der Waals surface area contributed by atoms with Gasteiger partial charge in [0.15, 0.2) is 0 Å². The van der Waals surface area contributed by atoms with Crippen molar-refractivity contribution in [1.82, 2.24) is 10.2 Å². The van der Waals surface area contributed by atoms with Crippen molar-refractivity contribution in [3.63, 3.8) is 0 Å². The zero-order valence-corrected chi connectivity index (χ0v) is 13.0. The summed E-state index contributed by atoms with van der Waals surface area (Å²) in [5.41, 5.74) is 3.16. The maximum absolute atomic E-state index is 12.9. The third-order valence-electron chi connectivity index (χ3n) is 3.40. The minimum absolute atomic E-state index is 0.309. The monoisotopic (exact) mass is 329 g/mol. The molecule has 0 atom stereocenters. The first-order valence-electron chi connectivity index (χ1n) is 6.92. The second kappa shape index (κ2) is 6.22. The Kier molecular flexibility index (Phi) is 4.12. The SMILES string of the molecule is Cc1cc(Cl)ccc1NC(=O)c1cc(-c2ccc(F)cc2)n[nH]1. The van der Waals surface area contributed by atoms with Crippen molar-refractivity contribution in [2.75, 3.05) is 5.32 Å². The number of rotatable bonds is 3. The van der Waals surface area contributed by atoms with Gasteiger partial charge in [-0.05, 0) is 61.0 Å². The predicted octanol–water partition coefficient (Wildman–Crippen LogP) is 4.43. The molecule has 23 heavy (non-hydrogen) atoms. The van der Waals surface area contributed by atoms with Gasteiger partial charge >= 0.3 is 0 Å². The second-order valence-electron chi connectivity index (χ2n) is 5.09. The number of amides is 1. The van der Waals surface area contributed by atoms with Crippen LogP contribution in [0.5, 0.6) is 0 Å². The quantitative estimate of drug-likeness (QED) is 0.746. The van der Waals surface area contributed by atoms with E-state index in [1.807, 2.05) is 6.92 Å². The Bertz CT molecular complexity index is 859. The van der Waals surface area contributed by atoms with Crippen LogP contribution in [0.4, 0.5) is 10.1 Å². The van der Waals surface area contributed by atoms with Crippen molar-refractivity contribution in [3.8, 4) is 11.3 Å². The van der Waals surface area contributed by atoms with Crippen LogP contribution in [0.3, 0.4) is 0 Å². The summed E-state index contributed by atoms with van der Waals surface area (Å²) in [7, 11) is 0. The van der Waals surface area contributed by atoms with E-state index in [1.54, 1.807) is 36.4 Å². The number of aryl methyl sites for hydroxylation is 1. The number of halogens is 2. The number of anilines is 1. The van der Waals surface area contributed by atoms with Gasteiger partial charge < -0.3 is 5.32 Å². The molecule has 0 spiro atoms. The Hall–Kier alpha value is -2.66. The highest BCUT2D eigenvalue weighted by Crippen LogP contribution is 2.21. The summed E-state index contributed by atoms with van der Waals surface area (Å²) in [5.74, 6) is -0.628. The second-order valence-corrected chi connectivity index (χ2v) is 5.52. The van der Waals surface area contributed by atoms with Gasteiger partial charge in [0.1, 0.15) is 11.5 Å². The summed E-state index contributed by atoms with van der Waals surface area (Å²) >= 11 is 5.90. The number of nitrogens with one attached hydrogen (secondary N) is 2. The highest BCUT2D eigenvalue weighted by molar-refractivity contribution is 6.30. The fourth-order valence-corrected chi connectivity index (χ4v) is 2.39. The Balaban J connectivity index is 1.79. The Labute approximate surface area is 137 Å². The van der Waals surface area contributed by atoms with Crippen molar-refractivity contribution >= 4 is 23.2 Å². The van der Waals surface area contributed by atoms with Crippen LogP contribution in [-0.4, -0.2) is 16.1 Å². The van der Waals surface area contributed by atoms with Gasteiger partial charge in [-0.25, -0.2) is 4.39 Å². The van der Waals surface area contributed by atoms with Crippen LogP contribution >= 0.6 is 11.6 Å². The minimum Gasteiger partial charge on any atom is -0.320 e. The molecule has 1 amide bonds. The zero-order chi connectivity index (χ0) is 16.4. The number of carbonyl (C=O) groups is 1. The Morgan fingerprint density at radius 2 is 1.91 bits per heavy atom. The number of hydrogen-bond acceptors (Lipinski definition) is 2. The fraction of sp³-hybridized carbons (Fsp3) is 0.0588. The maximum Gasteiger partial charge on any atom is 0.273 e. The van der Waals surface area contributed by atoms with Crippen LogP contribution in [0.25, 0.3) is 11.3 Å². The highest BCUT2D eigenvalue weighted by atomic mass is 35.5. The van der Waals surface area contributed by atoms with Gasteiger partial charge in [0.25, 0.3) is 5.91 Å². The molecule has 0 bridgehead atoms. The largest absolute Gasteiger partial charge is 0.320 e. The van der Waals surface area contributed by atoms with E-state index in [2.05, 4.69) is 15.5 Å². The van der Waals surface area contributed by atoms with Gasteiger partial charge in [-0.3, -0.25) is 9.89 Å². The molecular weight excluding hydrogens is 317 g/mol. The summed E-state index contributed by atoms with van der Waals surface area (Å²) < 4.78 is 12.9. The topological polar surface area (TPSA) is 57.8 Å². The lowest BCUT2D eigenvalue weighted by Crippen LogP contribution is -2.13. The maximum atomic E-state index is 12.9. The molecule has 0 aliphatic heterocycles. The molecule has 3 aromatic rings. The van der Waals surface area contributed by atoms with Crippen LogP contribution in [0.15, 0.2) is 48.5 Å². The van der Waals surface area contributed by atoms with Crippen LogP contribution in [-0.2, 0) is 0 Å². The predicted molar refractivity (Wildman–Crippen MR) is 88.1 cm³/mol. The molecule has 4 nitrogen and oxygen atoms in total. The first-order chi connectivity index (χ1) is 11.0. The molecule has 0 fully saturated rings. The average Bonchev–Trinajstić information content (AvgIpc) is 3.01. The van der Waals surface area contributed by atoms with Crippen molar-refractivity contribution in [1.29, 1.82) is 0 Å². The van der Waals surface area contributed by atoms with E-state index < -0.39 is 0 Å². The average molecular weight is 330 g/mol. The first-order valence-corrected chi connectivity index (χ1v) is 7.29. The van der Waals surface area contributed by atoms with Crippen molar-refractivity contribution in [2.45, 2.75) is 6.92 Å². The molecule has 1 aromatic heterocycles. The Morgan fingerprint density at radius 1 is 1.17 bits per heavy atom. The molecule has 116 valence electrons. The van der Waals surface area contributed by atoms with Crippen LogP contribution < -0.4 is 5.32 Å². The number of hydrogen-bond donors (Lipinski definition) is 2. The third-order valence-corrected chi connectivity index (χ3v) is 3.63. The first kappa shape index (κ1) is 15.2. The summed E-state index contributed by atoms with van der Waals surface area (Å²) in [6.07, 6.45) is 0. The fourth-order valence-electron chi connectivity index (χ4n) is 2.16. The molecule has 1 heterocycles. The van der Waals surface area contributed by atoms with Crippen molar-refractivity contribution in [3.05, 3.63) is 70.6 Å². The normalized spacial score (nSPS) is 10.6. The summed E-state index contributed by atoms with van der Waals surface area (Å²) in [6.45, 7) is 1.86. The standard InChI is InChI=1S/C17H13ClFN3O/c1-10-8-12(18)4-7-14(10)20-17(23)16-9-15(21-22-16)11-2-5-13(19)6-3-11/h2-9H,1H3,(H,20,23)(H,21,22). The van der Waals surface area contributed by atoms with E-state index in [1.165, 1.54) is 12.1 Å². The molecule has 2 N–H and O–H groups in total. The summed E-state index contributed by atoms with van der Waals surface area (Å²) in [6, 6.07) is 12.8. The number of nitrogens with zero attached hydrogens (tertiary/aromatic N) is 1. The van der Waals surface area contributed by atoms with E-state index in [0.29, 0.717) is 22.1 Å². The van der Waals surface area contributed by atoms with Crippen LogP contribution in [0.1, 0.15) is 16.1 Å². The zero-order valence-electron chi connectivity index (χ0n) is 12.2. The lowest BCUT2D eigenvalue weighted by molar-refractivity contribution is 0.102. The summed E-state index contributed by atoms with van der Waals surface area (Å²) in [5, 5.41) is 10.2. The smallest absolute Gasteiger partial charge is 0.273 e. The minimum atomic E-state index is -0.319. The van der Waals surface area contributed by atoms with E-state index >= 15 is 0 Å². The lowest BCUT2D eigenvalue weighted by Gasteiger charge is -2.07. The van der Waals surface area contributed by atoms with Crippen molar-refractivity contribution in [2.24, 2.45) is 0 Å². The van der Waals surface area contributed by atoms with E-state index in [0.717, 1.165) is 11.1 Å². The van der Waals surface area contributed by atoms with Crippen LogP contribution in [0, 0.1) is 12.7 Å². The van der Waals surface area contributed by atoms with Gasteiger partial charge in [0, 0.05) is 16.3 Å². The molecule has 0 aliphatic carbocycles. The molecule has 2 aromatic carbocycles. The number of aromatic amines is 1.